The first kappa shape index (κ1) is 82.3. The van der Waals surface area contributed by atoms with Gasteiger partial charge in [0.2, 0.25) is 0 Å². The van der Waals surface area contributed by atoms with E-state index in [9.17, 15) is 0 Å². The number of benzene rings is 16. The maximum atomic E-state index is 6.51. The maximum absolute atomic E-state index is 6.51. The van der Waals surface area contributed by atoms with Crippen LogP contribution in [0, 0.1) is 62.3 Å². The van der Waals surface area contributed by atoms with Gasteiger partial charge in [-0.1, -0.05) is 190 Å². The van der Waals surface area contributed by atoms with Crippen molar-refractivity contribution in [3.63, 3.8) is 0 Å². The molecule has 26 rings (SSSR count). The quantitative estimate of drug-likeness (QED) is 0.154. The van der Waals surface area contributed by atoms with Crippen molar-refractivity contribution in [2.24, 2.45) is 42.3 Å². The summed E-state index contributed by atoms with van der Waals surface area (Å²) in [5, 5.41) is 23.8. The van der Waals surface area contributed by atoms with E-state index in [0.717, 1.165) is 151 Å². The van der Waals surface area contributed by atoms with Crippen molar-refractivity contribution in [2.45, 2.75) is 62.3 Å². The normalized spacial score (nSPS) is 11.7. The number of hydrogen-bond donors (Lipinski definition) is 0. The molecule has 0 bridgehead atoms. The second kappa shape index (κ2) is 32.7. The minimum absolute atomic E-state index is 0.928. The first-order valence-corrected chi connectivity index (χ1v) is 45.1. The van der Waals surface area contributed by atoms with Gasteiger partial charge in [0.05, 0.1) is 64.5 Å². The molecule has 26 aromatic rings. The standard InChI is InChI=1S/C26H21N2O.C24H21N2O.2C23H19N2O.C22H17N2O/c1-16-12-13-19-20-14-17-8-4-5-9-18(17)15-23(20)29-25(19)24(16)26-27(2)21-10-6-7-11-22(21)28(26)3;1-14-9-20-19-11-17-7-5-6-8-18(17)12-22(19)27-24(20)23(16(14)3)21-10-15(2)25-13-26(21)4;1-14-10-19-18-11-16-6-4-5-7-17(16)12-21(18)26-23(19)22(15(14)2)20-8-9-24-13-25(20)3;1-14-8-9-18-19-11-16-6-4-5-7-17(16)12-21(19)26-23(18)22(14)20-10-15(2)24-13-25(20)3;1-14-7-8-17-18-11-15-5-3-4-6-16(15)12-20(18)25-22(17)21(14)19-9-10-23-13-24(19)2/h4-15H,1-3H3;5-13H,1-4H3;2*4-13H,1-3H3;3-13H,1-2H3/q5*+1. The van der Waals surface area contributed by atoms with Crippen molar-refractivity contribution < 1.29 is 44.9 Å². The molecule has 0 atom stereocenters. The van der Waals surface area contributed by atoms with Gasteiger partial charge in [0.15, 0.2) is 28.0 Å². The molecule has 0 aliphatic rings. The first-order valence-electron chi connectivity index (χ1n) is 45.1. The third-order valence-corrected chi connectivity index (χ3v) is 27.1. The van der Waals surface area contributed by atoms with E-state index in [-0.39, 0.29) is 0 Å². The predicted octanol–water partition coefficient (Wildman–Crippen LogP) is 27.0. The van der Waals surface area contributed by atoms with Gasteiger partial charge < -0.3 is 22.1 Å². The zero-order valence-electron chi connectivity index (χ0n) is 77.0. The van der Waals surface area contributed by atoms with Crippen LogP contribution in [0.3, 0.4) is 0 Å². The highest BCUT2D eigenvalue weighted by atomic mass is 16.3. The third kappa shape index (κ3) is 14.2. The summed E-state index contributed by atoms with van der Waals surface area (Å²) in [7, 11) is 12.4. The number of furan rings is 5. The van der Waals surface area contributed by atoms with Gasteiger partial charge in [0, 0.05) is 92.0 Å². The van der Waals surface area contributed by atoms with Crippen molar-refractivity contribution in [3.8, 4) is 56.4 Å². The predicted molar refractivity (Wildman–Crippen MR) is 539 cm³/mol. The Labute approximate surface area is 767 Å². The van der Waals surface area contributed by atoms with Gasteiger partial charge in [-0.3, -0.25) is 0 Å². The van der Waals surface area contributed by atoms with Crippen molar-refractivity contribution in [1.82, 2.24) is 24.5 Å². The minimum Gasteiger partial charge on any atom is -0.455 e. The summed E-state index contributed by atoms with van der Waals surface area (Å²) in [5.41, 5.74) is 32.6. The van der Waals surface area contributed by atoms with Crippen LogP contribution in [-0.2, 0) is 42.3 Å². The Morgan fingerprint density at radius 1 is 0.248 bits per heavy atom. The largest absolute Gasteiger partial charge is 0.455 e. The maximum Gasteiger partial charge on any atom is 0.293 e. The van der Waals surface area contributed by atoms with Gasteiger partial charge in [0.1, 0.15) is 91.0 Å². The zero-order valence-corrected chi connectivity index (χ0v) is 77.0. The van der Waals surface area contributed by atoms with Crippen LogP contribution in [0.2, 0.25) is 0 Å². The topological polar surface area (TPSA) is 142 Å². The van der Waals surface area contributed by atoms with Crippen LogP contribution in [0.4, 0.5) is 0 Å². The summed E-state index contributed by atoms with van der Waals surface area (Å²) >= 11 is 0. The van der Waals surface area contributed by atoms with E-state index < -0.39 is 0 Å². The summed E-state index contributed by atoms with van der Waals surface area (Å²) in [6.45, 7) is 19.1. The molecule has 0 saturated heterocycles. The Balaban J connectivity index is 0.0000000970. The molecule has 0 N–H and O–H groups in total. The molecule has 0 saturated carbocycles. The third-order valence-electron chi connectivity index (χ3n) is 27.1. The van der Waals surface area contributed by atoms with E-state index in [0.29, 0.717) is 0 Å². The summed E-state index contributed by atoms with van der Waals surface area (Å²) in [6.07, 6.45) is 11.0. The van der Waals surface area contributed by atoms with E-state index in [1.165, 1.54) is 131 Å². The molecule has 133 heavy (non-hydrogen) atoms. The van der Waals surface area contributed by atoms with Crippen molar-refractivity contribution in [1.29, 1.82) is 0 Å². The molecule has 0 spiro atoms. The van der Waals surface area contributed by atoms with Gasteiger partial charge in [0.25, 0.3) is 31.1 Å². The molecule has 0 aliphatic heterocycles. The molecule has 0 unspecified atom stereocenters. The lowest BCUT2D eigenvalue weighted by atomic mass is 9.96. The number of fused-ring (bicyclic) bond motifs is 21. The second-order valence-electron chi connectivity index (χ2n) is 35.7. The molecule has 644 valence electrons. The van der Waals surface area contributed by atoms with E-state index in [4.69, 9.17) is 22.1 Å². The van der Waals surface area contributed by atoms with Crippen molar-refractivity contribution in [3.05, 3.63) is 367 Å². The second-order valence-corrected chi connectivity index (χ2v) is 35.7. The van der Waals surface area contributed by atoms with Gasteiger partial charge in [-0.05, 0) is 226 Å². The zero-order chi connectivity index (χ0) is 91.0. The molecule has 0 amide bonds. The smallest absolute Gasteiger partial charge is 0.293 e. The van der Waals surface area contributed by atoms with E-state index >= 15 is 0 Å². The van der Waals surface area contributed by atoms with Crippen LogP contribution >= 0.6 is 0 Å². The number of para-hydroxylation sites is 2. The van der Waals surface area contributed by atoms with Gasteiger partial charge in [-0.25, -0.2) is 27.4 Å². The van der Waals surface area contributed by atoms with Crippen LogP contribution in [-0.4, -0.2) is 24.5 Å². The summed E-state index contributed by atoms with van der Waals surface area (Å²) in [5.74, 6) is 1.15. The monoisotopic (exact) mass is 1730 g/mol. The molecule has 0 fully saturated rings. The van der Waals surface area contributed by atoms with Crippen LogP contribution in [0.15, 0.2) is 339 Å². The number of imidazole rings is 1. The molecule has 10 aromatic heterocycles. The summed E-state index contributed by atoms with van der Waals surface area (Å²) in [6, 6.07) is 98.4. The average molecular weight is 1740 g/mol. The van der Waals surface area contributed by atoms with E-state index in [1.54, 1.807) is 0 Å². The molecule has 16 aromatic carbocycles. The summed E-state index contributed by atoms with van der Waals surface area (Å²) < 4.78 is 44.8. The lowest BCUT2D eigenvalue weighted by Gasteiger charge is -2.10. The fraction of sp³-hybridized carbons (Fsp3) is 0.127. The Kier molecular flexibility index (Phi) is 20.2. The van der Waals surface area contributed by atoms with E-state index in [2.05, 4.69) is 368 Å². The highest BCUT2D eigenvalue weighted by Crippen LogP contribution is 2.46. The molecular weight excluding hydrogens is 1640 g/mol. The SMILES string of the molecule is Cc1cc(-c2c(C)c(C)cc3c2oc2cc4ccccc4cc23)[n+](C)cn1.Cc1cc(-c2c(C)ccc3c2oc2cc4ccccc4cc23)[n+](C)cn1.Cc1cc2c(oc3cc4ccccc4cc32)c(-c2ccnc[n+]2C)c1C.Cc1ccc2c(oc3cc4ccccc4cc32)c1-c1ccnc[n+]1C.Cc1ccc2c(oc3cc4ccccc4cc32)c1-c1n(C)c2ccccc2[n+]1C. The van der Waals surface area contributed by atoms with Gasteiger partial charge >= 0.3 is 0 Å². The fourth-order valence-corrected chi connectivity index (χ4v) is 19.9. The summed E-state index contributed by atoms with van der Waals surface area (Å²) in [4.78, 5) is 17.2. The molecule has 10 heterocycles. The Morgan fingerprint density at radius 3 is 0.895 bits per heavy atom. The highest BCUT2D eigenvalue weighted by Gasteiger charge is 2.30. The number of aryl methyl sites for hydroxylation is 13. The highest BCUT2D eigenvalue weighted by molar-refractivity contribution is 6.19. The lowest BCUT2D eigenvalue weighted by molar-refractivity contribution is -0.663. The molecular formula is C118H97N10O5+5. The number of aromatic nitrogens is 10. The van der Waals surface area contributed by atoms with Gasteiger partial charge in [-0.2, -0.15) is 0 Å². The van der Waals surface area contributed by atoms with Crippen molar-refractivity contribution in [2.75, 3.05) is 0 Å². The minimum atomic E-state index is 0.928. The van der Waals surface area contributed by atoms with Crippen molar-refractivity contribution >= 4 is 175 Å². The van der Waals surface area contributed by atoms with E-state index in [1.807, 2.05) is 101 Å². The van der Waals surface area contributed by atoms with Crippen LogP contribution in [0.1, 0.15) is 50.3 Å². The Morgan fingerprint density at radius 2 is 0.534 bits per heavy atom. The molecule has 0 aliphatic carbocycles. The Hall–Kier alpha value is -16.4. The van der Waals surface area contributed by atoms with Crippen LogP contribution in [0.5, 0.6) is 0 Å². The fourth-order valence-electron chi connectivity index (χ4n) is 19.9. The van der Waals surface area contributed by atoms with Crippen LogP contribution in [0.25, 0.3) is 231 Å². The first-order chi connectivity index (χ1) is 64.6. The molecule has 15 heteroatoms. The molecule has 0 radical (unpaired) electrons. The average Bonchev–Trinajstić information content (AvgIpc) is 1.55. The number of rotatable bonds is 5. The number of hydrogen-bond acceptors (Lipinski definition) is 9. The van der Waals surface area contributed by atoms with Gasteiger partial charge in [-0.15, -0.1) is 0 Å². The number of nitrogens with zero attached hydrogens (tertiary/aromatic N) is 10. The Bertz CT molecular complexity index is 9280. The van der Waals surface area contributed by atoms with Crippen LogP contribution < -0.4 is 22.8 Å². The molecule has 15 nitrogen and oxygen atoms in total. The lowest BCUT2D eigenvalue weighted by Crippen LogP contribution is -2.31.